The van der Waals surface area contributed by atoms with Crippen molar-refractivity contribution in [2.24, 2.45) is 5.92 Å². The molecule has 1 aromatic heterocycles. The third-order valence-electron chi connectivity index (χ3n) is 3.35. The molecule has 1 atom stereocenters. The van der Waals surface area contributed by atoms with Crippen LogP contribution < -0.4 is 0 Å². The second-order valence-electron chi connectivity index (χ2n) is 4.98. The van der Waals surface area contributed by atoms with Crippen molar-refractivity contribution in [2.45, 2.75) is 39.2 Å². The number of pyridine rings is 1. The number of amides is 1. The quantitative estimate of drug-likeness (QED) is 0.785. The topological polar surface area (TPSA) is 33.2 Å². The number of piperidine rings is 1. The Hall–Kier alpha value is -1.38. The van der Waals surface area contributed by atoms with Gasteiger partial charge in [0.25, 0.3) is 0 Å². The molecule has 1 saturated heterocycles. The summed E-state index contributed by atoms with van der Waals surface area (Å²) >= 11 is 0. The first-order valence-corrected chi connectivity index (χ1v) is 6.40. The van der Waals surface area contributed by atoms with Gasteiger partial charge in [0.15, 0.2) is 0 Å². The molecule has 0 aromatic carbocycles. The molecule has 1 aliphatic rings. The van der Waals surface area contributed by atoms with Crippen molar-refractivity contribution in [1.29, 1.82) is 0 Å². The Morgan fingerprint density at radius 3 is 2.94 bits per heavy atom. The van der Waals surface area contributed by atoms with Gasteiger partial charge in [0.2, 0.25) is 5.91 Å². The van der Waals surface area contributed by atoms with Crippen molar-refractivity contribution in [2.75, 3.05) is 6.54 Å². The van der Waals surface area contributed by atoms with Crippen molar-refractivity contribution >= 4 is 5.91 Å². The van der Waals surface area contributed by atoms with Crippen molar-refractivity contribution in [3.63, 3.8) is 0 Å². The maximum absolute atomic E-state index is 12.2. The zero-order chi connectivity index (χ0) is 12.3. The minimum absolute atomic E-state index is 0.0762. The molecule has 0 saturated carbocycles. The number of rotatable bonds is 2. The molecule has 0 radical (unpaired) electrons. The van der Waals surface area contributed by atoms with Gasteiger partial charge in [0.1, 0.15) is 0 Å². The van der Waals surface area contributed by atoms with Gasteiger partial charge in [-0.3, -0.25) is 9.78 Å². The second kappa shape index (κ2) is 5.30. The molecule has 1 aromatic rings. The molecule has 3 nitrogen and oxygen atoms in total. The van der Waals surface area contributed by atoms with Gasteiger partial charge in [-0.15, -0.1) is 0 Å². The summed E-state index contributed by atoms with van der Waals surface area (Å²) in [7, 11) is 0. The molecule has 1 amide bonds. The summed E-state index contributed by atoms with van der Waals surface area (Å²) in [4.78, 5) is 18.4. The Balaban J connectivity index is 2.21. The maximum atomic E-state index is 12.2. The minimum atomic E-state index is 0.0762. The lowest BCUT2D eigenvalue weighted by Gasteiger charge is -2.37. The number of carbonyl (C=O) groups is 1. The zero-order valence-electron chi connectivity index (χ0n) is 10.6. The molecule has 17 heavy (non-hydrogen) atoms. The highest BCUT2D eigenvalue weighted by Crippen LogP contribution is 2.31. The smallest absolute Gasteiger partial charge is 0.225 e. The van der Waals surface area contributed by atoms with Gasteiger partial charge in [-0.05, 0) is 30.9 Å². The van der Waals surface area contributed by atoms with Gasteiger partial charge in [-0.25, -0.2) is 0 Å². The Bertz CT molecular complexity index is 375. The molecule has 1 fully saturated rings. The SMILES string of the molecule is CC(C)C(=O)N1CCCC[C@@H]1c1cccnc1. The van der Waals surface area contributed by atoms with Crippen LogP contribution in [0.25, 0.3) is 0 Å². The van der Waals surface area contributed by atoms with Crippen LogP contribution in [-0.2, 0) is 4.79 Å². The predicted octanol–water partition coefficient (Wildman–Crippen LogP) is 2.79. The number of hydrogen-bond acceptors (Lipinski definition) is 2. The summed E-state index contributed by atoms with van der Waals surface area (Å²) in [6.07, 6.45) is 7.04. The molecule has 1 aliphatic heterocycles. The van der Waals surface area contributed by atoms with Gasteiger partial charge in [-0.2, -0.15) is 0 Å². The van der Waals surface area contributed by atoms with Crippen LogP contribution in [0.2, 0.25) is 0 Å². The molecule has 0 spiro atoms. The fraction of sp³-hybridized carbons (Fsp3) is 0.571. The highest BCUT2D eigenvalue weighted by molar-refractivity contribution is 5.78. The first kappa shape index (κ1) is 12.1. The summed E-state index contributed by atoms with van der Waals surface area (Å²) in [5.74, 6) is 0.339. The highest BCUT2D eigenvalue weighted by atomic mass is 16.2. The first-order chi connectivity index (χ1) is 8.20. The van der Waals surface area contributed by atoms with Crippen molar-refractivity contribution in [3.8, 4) is 0 Å². The Morgan fingerprint density at radius 2 is 2.29 bits per heavy atom. The van der Waals surface area contributed by atoms with Gasteiger partial charge in [0.05, 0.1) is 6.04 Å². The molecule has 0 unspecified atom stereocenters. The molecular weight excluding hydrogens is 212 g/mol. The monoisotopic (exact) mass is 232 g/mol. The van der Waals surface area contributed by atoms with Crippen molar-refractivity contribution in [3.05, 3.63) is 30.1 Å². The van der Waals surface area contributed by atoms with Crippen LogP contribution in [0.1, 0.15) is 44.7 Å². The number of hydrogen-bond donors (Lipinski definition) is 0. The summed E-state index contributed by atoms with van der Waals surface area (Å²) in [5, 5.41) is 0. The summed E-state index contributed by atoms with van der Waals surface area (Å²) in [6.45, 7) is 4.82. The Kier molecular flexibility index (Phi) is 3.77. The molecule has 92 valence electrons. The normalized spacial score (nSPS) is 20.6. The van der Waals surface area contributed by atoms with Crippen LogP contribution in [0.4, 0.5) is 0 Å². The van der Waals surface area contributed by atoms with E-state index in [0.717, 1.165) is 19.4 Å². The van der Waals surface area contributed by atoms with Gasteiger partial charge < -0.3 is 4.90 Å². The van der Waals surface area contributed by atoms with Gasteiger partial charge in [-0.1, -0.05) is 19.9 Å². The summed E-state index contributed by atoms with van der Waals surface area (Å²) < 4.78 is 0. The van der Waals surface area contributed by atoms with Crippen molar-refractivity contribution in [1.82, 2.24) is 9.88 Å². The van der Waals surface area contributed by atoms with E-state index in [4.69, 9.17) is 0 Å². The summed E-state index contributed by atoms with van der Waals surface area (Å²) in [5.41, 5.74) is 1.17. The van der Waals surface area contributed by atoms with Crippen LogP contribution in [0.3, 0.4) is 0 Å². The summed E-state index contributed by atoms with van der Waals surface area (Å²) in [6, 6.07) is 4.25. The largest absolute Gasteiger partial charge is 0.335 e. The van der Waals surface area contributed by atoms with Crippen LogP contribution in [0.15, 0.2) is 24.5 Å². The van der Waals surface area contributed by atoms with Gasteiger partial charge >= 0.3 is 0 Å². The molecular formula is C14H20N2O. The lowest BCUT2D eigenvalue weighted by molar-refractivity contribution is -0.138. The van der Waals surface area contributed by atoms with E-state index in [1.54, 1.807) is 6.20 Å². The second-order valence-corrected chi connectivity index (χ2v) is 4.98. The molecule has 2 heterocycles. The number of likely N-dealkylation sites (tertiary alicyclic amines) is 1. The predicted molar refractivity (Wildman–Crippen MR) is 67.4 cm³/mol. The van der Waals surface area contributed by atoms with E-state index in [0.29, 0.717) is 0 Å². The zero-order valence-corrected chi connectivity index (χ0v) is 10.6. The number of carbonyl (C=O) groups excluding carboxylic acids is 1. The molecule has 0 aliphatic carbocycles. The molecule has 3 heteroatoms. The number of nitrogens with zero attached hydrogens (tertiary/aromatic N) is 2. The third-order valence-corrected chi connectivity index (χ3v) is 3.35. The molecule has 2 rings (SSSR count). The fourth-order valence-corrected chi connectivity index (χ4v) is 2.45. The van der Waals surface area contributed by atoms with E-state index in [1.807, 2.05) is 31.0 Å². The highest BCUT2D eigenvalue weighted by Gasteiger charge is 2.29. The molecule has 0 N–H and O–H groups in total. The van der Waals surface area contributed by atoms with E-state index < -0.39 is 0 Å². The van der Waals surface area contributed by atoms with Crippen LogP contribution >= 0.6 is 0 Å². The lowest BCUT2D eigenvalue weighted by atomic mass is 9.95. The van der Waals surface area contributed by atoms with E-state index in [9.17, 15) is 4.79 Å². The van der Waals surface area contributed by atoms with E-state index in [2.05, 4.69) is 11.1 Å². The van der Waals surface area contributed by atoms with Crippen LogP contribution in [-0.4, -0.2) is 22.3 Å². The third kappa shape index (κ3) is 2.65. The van der Waals surface area contributed by atoms with E-state index >= 15 is 0 Å². The maximum Gasteiger partial charge on any atom is 0.225 e. The molecule has 0 bridgehead atoms. The van der Waals surface area contributed by atoms with Crippen LogP contribution in [0.5, 0.6) is 0 Å². The van der Waals surface area contributed by atoms with E-state index in [1.165, 1.54) is 12.0 Å². The number of aromatic nitrogens is 1. The van der Waals surface area contributed by atoms with Gasteiger partial charge in [0, 0.05) is 24.9 Å². The average Bonchev–Trinajstić information content (AvgIpc) is 2.39. The lowest BCUT2D eigenvalue weighted by Crippen LogP contribution is -2.40. The fourth-order valence-electron chi connectivity index (χ4n) is 2.45. The minimum Gasteiger partial charge on any atom is -0.335 e. The first-order valence-electron chi connectivity index (χ1n) is 6.40. The van der Waals surface area contributed by atoms with E-state index in [-0.39, 0.29) is 17.9 Å². The van der Waals surface area contributed by atoms with Crippen molar-refractivity contribution < 1.29 is 4.79 Å². The average molecular weight is 232 g/mol. The Labute approximate surface area is 103 Å². The van der Waals surface area contributed by atoms with Crippen LogP contribution in [0, 0.1) is 5.92 Å². The Morgan fingerprint density at radius 1 is 1.47 bits per heavy atom. The standard InChI is InChI=1S/C14H20N2O/c1-11(2)14(17)16-9-4-3-7-13(16)12-6-5-8-15-10-12/h5-6,8,10-11,13H,3-4,7,9H2,1-2H3/t13-/m1/s1.